The summed E-state index contributed by atoms with van der Waals surface area (Å²) in [5, 5.41) is 17.0. The molecule has 0 unspecified atom stereocenters. The highest BCUT2D eigenvalue weighted by Crippen LogP contribution is 2.09. The van der Waals surface area contributed by atoms with Crippen molar-refractivity contribution in [1.29, 1.82) is 0 Å². The van der Waals surface area contributed by atoms with Crippen LogP contribution in [-0.4, -0.2) is 10.2 Å². The third-order valence-corrected chi connectivity index (χ3v) is 3.05. The SMILES string of the molecule is CCCCCCCCCCC=CC=CC=CC=C(O)O. The first-order valence-electron chi connectivity index (χ1n) is 7.85. The lowest BCUT2D eigenvalue weighted by molar-refractivity contribution is 0.191. The molecule has 0 amide bonds. The molecule has 0 atom stereocenters. The predicted molar refractivity (Wildman–Crippen MR) is 88.0 cm³/mol. The maximum Gasteiger partial charge on any atom is 0.274 e. The van der Waals surface area contributed by atoms with Crippen LogP contribution in [-0.2, 0) is 0 Å². The van der Waals surface area contributed by atoms with Gasteiger partial charge in [0.15, 0.2) is 0 Å². The molecule has 0 aliphatic carbocycles. The zero-order valence-corrected chi connectivity index (χ0v) is 12.8. The molecule has 0 aliphatic heterocycles. The van der Waals surface area contributed by atoms with E-state index in [-0.39, 0.29) is 0 Å². The van der Waals surface area contributed by atoms with E-state index in [4.69, 9.17) is 10.2 Å². The first-order valence-corrected chi connectivity index (χ1v) is 7.85. The van der Waals surface area contributed by atoms with Crippen molar-refractivity contribution in [1.82, 2.24) is 0 Å². The van der Waals surface area contributed by atoms with Crippen LogP contribution in [0.15, 0.2) is 48.5 Å². The minimum absolute atomic E-state index is 0.667. The van der Waals surface area contributed by atoms with E-state index in [1.54, 1.807) is 12.2 Å². The van der Waals surface area contributed by atoms with Gasteiger partial charge in [0.2, 0.25) is 0 Å². The average Bonchev–Trinajstić information content (AvgIpc) is 2.43. The molecule has 20 heavy (non-hydrogen) atoms. The molecule has 0 heterocycles. The van der Waals surface area contributed by atoms with Gasteiger partial charge in [-0.1, -0.05) is 88.3 Å². The van der Waals surface area contributed by atoms with Gasteiger partial charge in [-0.25, -0.2) is 0 Å². The molecular formula is C18H30O2. The molecule has 0 aliphatic rings. The van der Waals surface area contributed by atoms with Crippen molar-refractivity contribution < 1.29 is 10.2 Å². The molecule has 0 aromatic heterocycles. The Balaban J connectivity index is 3.33. The van der Waals surface area contributed by atoms with E-state index >= 15 is 0 Å². The second-order valence-corrected chi connectivity index (χ2v) is 4.99. The van der Waals surface area contributed by atoms with Crippen molar-refractivity contribution in [3.63, 3.8) is 0 Å². The molecule has 2 N–H and O–H groups in total. The Hall–Kier alpha value is -1.44. The van der Waals surface area contributed by atoms with Crippen molar-refractivity contribution in [3.8, 4) is 0 Å². The lowest BCUT2D eigenvalue weighted by Crippen LogP contribution is -1.79. The quantitative estimate of drug-likeness (QED) is 0.255. The molecule has 0 aromatic carbocycles. The van der Waals surface area contributed by atoms with E-state index in [2.05, 4.69) is 13.0 Å². The van der Waals surface area contributed by atoms with Gasteiger partial charge in [0, 0.05) is 6.08 Å². The largest absolute Gasteiger partial charge is 0.481 e. The van der Waals surface area contributed by atoms with Crippen LogP contribution in [0, 0.1) is 0 Å². The smallest absolute Gasteiger partial charge is 0.274 e. The van der Waals surface area contributed by atoms with Crippen LogP contribution in [0.4, 0.5) is 0 Å². The molecule has 0 radical (unpaired) electrons. The fourth-order valence-corrected chi connectivity index (χ4v) is 1.90. The summed E-state index contributed by atoms with van der Waals surface area (Å²) in [6.07, 6.45) is 24.6. The van der Waals surface area contributed by atoms with Crippen LogP contribution in [0.3, 0.4) is 0 Å². The summed E-state index contributed by atoms with van der Waals surface area (Å²) in [6, 6.07) is 0. The minimum Gasteiger partial charge on any atom is -0.481 e. The predicted octanol–water partition coefficient (Wildman–Crippen LogP) is 6.14. The number of hydrogen-bond acceptors (Lipinski definition) is 2. The summed E-state index contributed by atoms with van der Waals surface area (Å²) >= 11 is 0. The molecule has 0 saturated heterocycles. The van der Waals surface area contributed by atoms with Crippen LogP contribution in [0.2, 0.25) is 0 Å². The maximum absolute atomic E-state index is 8.48. The van der Waals surface area contributed by atoms with Gasteiger partial charge in [-0.15, -0.1) is 0 Å². The number of allylic oxidation sites excluding steroid dienone is 7. The first kappa shape index (κ1) is 18.6. The van der Waals surface area contributed by atoms with E-state index in [1.807, 2.05) is 18.2 Å². The topological polar surface area (TPSA) is 40.5 Å². The zero-order chi connectivity index (χ0) is 14.9. The molecule has 0 rings (SSSR count). The van der Waals surface area contributed by atoms with Crippen molar-refractivity contribution in [2.45, 2.75) is 64.7 Å². The maximum atomic E-state index is 8.48. The van der Waals surface area contributed by atoms with Crippen LogP contribution >= 0.6 is 0 Å². The highest BCUT2D eigenvalue weighted by atomic mass is 16.5. The molecule has 0 aromatic rings. The molecule has 2 nitrogen and oxygen atoms in total. The van der Waals surface area contributed by atoms with Gasteiger partial charge >= 0.3 is 0 Å². The Labute approximate surface area is 124 Å². The van der Waals surface area contributed by atoms with Gasteiger partial charge in [-0.05, 0) is 12.8 Å². The Morgan fingerprint density at radius 2 is 1.25 bits per heavy atom. The monoisotopic (exact) mass is 278 g/mol. The summed E-state index contributed by atoms with van der Waals surface area (Å²) in [4.78, 5) is 0. The second kappa shape index (κ2) is 15.6. The lowest BCUT2D eigenvalue weighted by atomic mass is 10.1. The summed E-state index contributed by atoms with van der Waals surface area (Å²) in [6.45, 7) is 2.25. The Morgan fingerprint density at radius 1 is 0.700 bits per heavy atom. The number of aliphatic hydroxyl groups is 2. The number of unbranched alkanes of at least 4 members (excludes halogenated alkanes) is 8. The zero-order valence-electron chi connectivity index (χ0n) is 12.8. The van der Waals surface area contributed by atoms with Crippen LogP contribution < -0.4 is 0 Å². The third-order valence-electron chi connectivity index (χ3n) is 3.05. The Morgan fingerprint density at radius 3 is 1.90 bits per heavy atom. The highest BCUT2D eigenvalue weighted by Gasteiger charge is 1.89. The summed E-state index contributed by atoms with van der Waals surface area (Å²) in [5.41, 5.74) is 0. The van der Waals surface area contributed by atoms with Crippen molar-refractivity contribution >= 4 is 0 Å². The summed E-state index contributed by atoms with van der Waals surface area (Å²) in [5.74, 6) is -0.667. The van der Waals surface area contributed by atoms with Gasteiger partial charge in [0.1, 0.15) is 0 Å². The number of aliphatic hydroxyl groups excluding tert-OH is 1. The Kier molecular flexibility index (Phi) is 14.5. The van der Waals surface area contributed by atoms with Crippen molar-refractivity contribution in [3.05, 3.63) is 48.5 Å². The van der Waals surface area contributed by atoms with Crippen molar-refractivity contribution in [2.24, 2.45) is 0 Å². The number of rotatable bonds is 12. The molecule has 114 valence electrons. The molecule has 0 spiro atoms. The Bertz CT molecular complexity index is 307. The van der Waals surface area contributed by atoms with E-state index in [9.17, 15) is 0 Å². The van der Waals surface area contributed by atoms with Gasteiger partial charge in [0.25, 0.3) is 5.95 Å². The fourth-order valence-electron chi connectivity index (χ4n) is 1.90. The van der Waals surface area contributed by atoms with Gasteiger partial charge in [-0.3, -0.25) is 0 Å². The van der Waals surface area contributed by atoms with Crippen LogP contribution in [0.25, 0.3) is 0 Å². The minimum atomic E-state index is -0.667. The van der Waals surface area contributed by atoms with Gasteiger partial charge in [-0.2, -0.15) is 0 Å². The van der Waals surface area contributed by atoms with Gasteiger partial charge in [0.05, 0.1) is 0 Å². The van der Waals surface area contributed by atoms with Gasteiger partial charge < -0.3 is 10.2 Å². The average molecular weight is 278 g/mol. The van der Waals surface area contributed by atoms with Crippen LogP contribution in [0.1, 0.15) is 64.7 Å². The van der Waals surface area contributed by atoms with E-state index in [0.29, 0.717) is 0 Å². The second-order valence-electron chi connectivity index (χ2n) is 4.99. The highest BCUT2D eigenvalue weighted by molar-refractivity contribution is 5.15. The molecule has 2 heteroatoms. The van der Waals surface area contributed by atoms with E-state index in [0.717, 1.165) is 6.42 Å². The fraction of sp³-hybridized carbons (Fsp3) is 0.556. The molecule has 0 fully saturated rings. The summed E-state index contributed by atoms with van der Waals surface area (Å²) in [7, 11) is 0. The molecule has 0 bridgehead atoms. The number of hydrogen-bond donors (Lipinski definition) is 2. The van der Waals surface area contributed by atoms with Crippen LogP contribution in [0.5, 0.6) is 0 Å². The first-order chi connectivity index (χ1) is 9.77. The van der Waals surface area contributed by atoms with E-state index < -0.39 is 5.95 Å². The van der Waals surface area contributed by atoms with E-state index in [1.165, 1.54) is 57.4 Å². The lowest BCUT2D eigenvalue weighted by Gasteiger charge is -1.99. The standard InChI is InChI=1S/C18H30O2/c1-2-3-4-5-6-7-8-9-10-11-12-13-14-15-16-17-18(19)20/h11-17,19-20H,2-10H2,1H3. The van der Waals surface area contributed by atoms with Crippen molar-refractivity contribution in [2.75, 3.05) is 0 Å². The molecule has 0 saturated carbocycles. The third kappa shape index (κ3) is 16.6. The molecular weight excluding hydrogens is 248 g/mol. The summed E-state index contributed by atoms with van der Waals surface area (Å²) < 4.78 is 0. The normalized spacial score (nSPS) is 11.8.